The van der Waals surface area contributed by atoms with Crippen LogP contribution in [0.15, 0.2) is 12.1 Å². The fourth-order valence-corrected chi connectivity index (χ4v) is 1.92. The highest BCUT2D eigenvalue weighted by molar-refractivity contribution is 6.31. The lowest BCUT2D eigenvalue weighted by Gasteiger charge is -2.16. The topological polar surface area (TPSA) is 35.2 Å². The Kier molecular flexibility index (Phi) is 2.16. The molecule has 1 aromatic rings. The van der Waals surface area contributed by atoms with Crippen molar-refractivity contribution in [1.29, 1.82) is 0 Å². The molecule has 76 valence electrons. The monoisotopic (exact) mass is 215 g/mol. The standard InChI is InChI=1S/C10H11ClFNO/c1-14-9-7(12)3-2-6(11)8(9)10(13)4-5-10/h2-3H,4-5,13H2,1H3. The summed E-state index contributed by atoms with van der Waals surface area (Å²) in [6.45, 7) is 0. The van der Waals surface area contributed by atoms with Crippen molar-refractivity contribution in [3.63, 3.8) is 0 Å². The van der Waals surface area contributed by atoms with Crippen molar-refractivity contribution in [1.82, 2.24) is 0 Å². The van der Waals surface area contributed by atoms with Crippen molar-refractivity contribution >= 4 is 11.6 Å². The number of ether oxygens (including phenoxy) is 1. The Labute approximate surface area is 86.8 Å². The lowest BCUT2D eigenvalue weighted by molar-refractivity contribution is 0.376. The number of methoxy groups -OCH3 is 1. The minimum Gasteiger partial charge on any atom is -0.493 e. The molecule has 2 N–H and O–H groups in total. The fourth-order valence-electron chi connectivity index (χ4n) is 1.58. The van der Waals surface area contributed by atoms with Gasteiger partial charge in [0.15, 0.2) is 11.6 Å². The van der Waals surface area contributed by atoms with E-state index in [0.29, 0.717) is 10.6 Å². The van der Waals surface area contributed by atoms with Gasteiger partial charge in [-0.15, -0.1) is 0 Å². The van der Waals surface area contributed by atoms with Crippen molar-refractivity contribution in [2.24, 2.45) is 5.73 Å². The minimum absolute atomic E-state index is 0.178. The average molecular weight is 216 g/mol. The largest absolute Gasteiger partial charge is 0.493 e. The van der Waals surface area contributed by atoms with Crippen LogP contribution in [0, 0.1) is 5.82 Å². The summed E-state index contributed by atoms with van der Waals surface area (Å²) in [4.78, 5) is 0. The summed E-state index contributed by atoms with van der Waals surface area (Å²) in [5.41, 5.74) is 6.10. The summed E-state index contributed by atoms with van der Waals surface area (Å²) in [5, 5.41) is 0.475. The molecule has 0 unspecified atom stereocenters. The third kappa shape index (κ3) is 1.37. The van der Waals surface area contributed by atoms with Crippen molar-refractivity contribution in [2.75, 3.05) is 7.11 Å². The molecule has 0 spiro atoms. The maximum absolute atomic E-state index is 13.3. The lowest BCUT2D eigenvalue weighted by atomic mass is 10.0. The molecular weight excluding hydrogens is 205 g/mol. The van der Waals surface area contributed by atoms with Crippen LogP contribution in [-0.4, -0.2) is 7.11 Å². The minimum atomic E-state index is -0.482. The van der Waals surface area contributed by atoms with E-state index in [1.165, 1.54) is 19.2 Å². The summed E-state index contributed by atoms with van der Waals surface area (Å²) >= 11 is 5.98. The summed E-state index contributed by atoms with van der Waals surface area (Å²) in [6.07, 6.45) is 1.65. The van der Waals surface area contributed by atoms with Crippen LogP contribution in [0.5, 0.6) is 5.75 Å². The molecule has 1 fully saturated rings. The Morgan fingerprint density at radius 3 is 2.64 bits per heavy atom. The molecule has 14 heavy (non-hydrogen) atoms. The Morgan fingerprint density at radius 1 is 1.50 bits per heavy atom. The van der Waals surface area contributed by atoms with Gasteiger partial charge in [0, 0.05) is 16.1 Å². The molecular formula is C10H11ClFNO. The first kappa shape index (κ1) is 9.74. The first-order valence-electron chi connectivity index (χ1n) is 4.40. The molecule has 0 radical (unpaired) electrons. The highest BCUT2D eigenvalue weighted by Crippen LogP contribution is 2.49. The van der Waals surface area contributed by atoms with Crippen LogP contribution >= 0.6 is 11.6 Å². The second kappa shape index (κ2) is 3.11. The van der Waals surface area contributed by atoms with Gasteiger partial charge in [0.2, 0.25) is 0 Å². The van der Waals surface area contributed by atoms with Gasteiger partial charge < -0.3 is 10.5 Å². The molecule has 1 aliphatic carbocycles. The molecule has 1 aromatic carbocycles. The normalized spacial score (nSPS) is 18.0. The van der Waals surface area contributed by atoms with Crippen LogP contribution in [0.3, 0.4) is 0 Å². The molecule has 0 amide bonds. The molecule has 0 atom stereocenters. The van der Waals surface area contributed by atoms with Crippen LogP contribution in [0.25, 0.3) is 0 Å². The molecule has 0 saturated heterocycles. The molecule has 2 rings (SSSR count). The van der Waals surface area contributed by atoms with Crippen LogP contribution in [0.1, 0.15) is 18.4 Å². The van der Waals surface area contributed by atoms with Crippen molar-refractivity contribution in [3.8, 4) is 5.75 Å². The predicted molar refractivity (Wildman–Crippen MR) is 53.1 cm³/mol. The maximum atomic E-state index is 13.3. The summed E-state index contributed by atoms with van der Waals surface area (Å²) in [7, 11) is 1.42. The van der Waals surface area contributed by atoms with Gasteiger partial charge in [0.05, 0.1) is 7.11 Å². The molecule has 4 heteroatoms. The van der Waals surface area contributed by atoms with E-state index in [2.05, 4.69) is 0 Å². The number of benzene rings is 1. The molecule has 0 aromatic heterocycles. The number of hydrogen-bond donors (Lipinski definition) is 1. The van der Waals surface area contributed by atoms with Gasteiger partial charge in [-0.25, -0.2) is 4.39 Å². The molecule has 0 bridgehead atoms. The average Bonchev–Trinajstić information content (AvgIpc) is 2.88. The Hall–Kier alpha value is -0.800. The zero-order chi connectivity index (χ0) is 10.3. The van der Waals surface area contributed by atoms with Gasteiger partial charge in [0.25, 0.3) is 0 Å². The van der Waals surface area contributed by atoms with E-state index in [9.17, 15) is 4.39 Å². The van der Waals surface area contributed by atoms with Gasteiger partial charge >= 0.3 is 0 Å². The van der Waals surface area contributed by atoms with Crippen LogP contribution in [-0.2, 0) is 5.54 Å². The molecule has 1 saturated carbocycles. The van der Waals surface area contributed by atoms with E-state index in [-0.39, 0.29) is 5.75 Å². The summed E-state index contributed by atoms with van der Waals surface area (Å²) in [6, 6.07) is 2.80. The zero-order valence-corrected chi connectivity index (χ0v) is 8.57. The first-order valence-corrected chi connectivity index (χ1v) is 4.77. The number of rotatable bonds is 2. The second-order valence-electron chi connectivity index (χ2n) is 3.59. The highest BCUT2D eigenvalue weighted by atomic mass is 35.5. The van der Waals surface area contributed by atoms with Crippen LogP contribution in [0.4, 0.5) is 4.39 Å². The van der Waals surface area contributed by atoms with E-state index >= 15 is 0 Å². The SMILES string of the molecule is COc1c(F)ccc(Cl)c1C1(N)CC1. The predicted octanol–water partition coefficient (Wildman–Crippen LogP) is 2.44. The molecule has 2 nitrogen and oxygen atoms in total. The third-order valence-corrected chi connectivity index (χ3v) is 2.86. The summed E-state index contributed by atoms with van der Waals surface area (Å²) < 4.78 is 18.3. The Bertz CT molecular complexity index is 377. The smallest absolute Gasteiger partial charge is 0.165 e. The summed E-state index contributed by atoms with van der Waals surface area (Å²) in [5.74, 6) is -0.235. The Balaban J connectivity index is 2.60. The molecule has 0 heterocycles. The number of halogens is 2. The van der Waals surface area contributed by atoms with Crippen molar-refractivity contribution < 1.29 is 9.13 Å². The van der Waals surface area contributed by atoms with Gasteiger partial charge in [-0.3, -0.25) is 0 Å². The highest BCUT2D eigenvalue weighted by Gasteiger charge is 2.44. The van der Waals surface area contributed by atoms with E-state index in [4.69, 9.17) is 22.1 Å². The van der Waals surface area contributed by atoms with Gasteiger partial charge in [-0.05, 0) is 25.0 Å². The van der Waals surface area contributed by atoms with Crippen molar-refractivity contribution in [3.05, 3.63) is 28.5 Å². The second-order valence-corrected chi connectivity index (χ2v) is 4.00. The molecule has 0 aliphatic heterocycles. The van der Waals surface area contributed by atoms with Gasteiger partial charge in [-0.2, -0.15) is 0 Å². The van der Waals surface area contributed by atoms with E-state index in [0.717, 1.165) is 12.8 Å². The van der Waals surface area contributed by atoms with Gasteiger partial charge in [-0.1, -0.05) is 11.6 Å². The maximum Gasteiger partial charge on any atom is 0.165 e. The quantitative estimate of drug-likeness (QED) is 0.823. The lowest BCUT2D eigenvalue weighted by Crippen LogP contribution is -2.20. The Morgan fingerprint density at radius 2 is 2.14 bits per heavy atom. The van der Waals surface area contributed by atoms with Crippen LogP contribution in [0.2, 0.25) is 5.02 Å². The van der Waals surface area contributed by atoms with Crippen molar-refractivity contribution in [2.45, 2.75) is 18.4 Å². The zero-order valence-electron chi connectivity index (χ0n) is 7.81. The first-order chi connectivity index (χ1) is 6.58. The van der Waals surface area contributed by atoms with E-state index in [1.807, 2.05) is 0 Å². The van der Waals surface area contributed by atoms with Gasteiger partial charge in [0.1, 0.15) is 0 Å². The van der Waals surface area contributed by atoms with E-state index < -0.39 is 11.4 Å². The fraction of sp³-hybridized carbons (Fsp3) is 0.400. The van der Waals surface area contributed by atoms with Crippen LogP contribution < -0.4 is 10.5 Å². The molecule has 1 aliphatic rings. The third-order valence-electron chi connectivity index (χ3n) is 2.55. The van der Waals surface area contributed by atoms with E-state index in [1.54, 1.807) is 0 Å². The number of nitrogens with two attached hydrogens (primary N) is 1. The number of hydrogen-bond acceptors (Lipinski definition) is 2.